The number of nitrogens with zero attached hydrogens (tertiary/aromatic N) is 1. The largest absolute Gasteiger partial charge is 0.496 e. The van der Waals surface area contributed by atoms with Crippen molar-refractivity contribution >= 4 is 29.0 Å². The summed E-state index contributed by atoms with van der Waals surface area (Å²) in [5.74, 6) is 0.772. The van der Waals surface area contributed by atoms with E-state index in [-0.39, 0.29) is 12.3 Å². The van der Waals surface area contributed by atoms with Crippen molar-refractivity contribution in [3.8, 4) is 5.75 Å². The molecule has 0 saturated carbocycles. The molecule has 124 valence electrons. The van der Waals surface area contributed by atoms with Crippen molar-refractivity contribution in [3.05, 3.63) is 78.4 Å². The van der Waals surface area contributed by atoms with Crippen LogP contribution in [0.4, 0.5) is 11.4 Å². The lowest BCUT2D eigenvalue weighted by atomic mass is 10.1. The number of carbonyl (C=O) groups is 1. The predicted octanol–water partition coefficient (Wildman–Crippen LogP) is 5.07. The summed E-state index contributed by atoms with van der Waals surface area (Å²) in [7, 11) is 1.63. The summed E-state index contributed by atoms with van der Waals surface area (Å²) < 4.78 is 5.40. The molecule has 0 spiro atoms. The lowest BCUT2D eigenvalue weighted by molar-refractivity contribution is -0.117. The number of fused-ring (bicyclic) bond motifs is 2. The zero-order valence-corrected chi connectivity index (χ0v) is 14.6. The van der Waals surface area contributed by atoms with E-state index in [4.69, 9.17) is 4.74 Å². The van der Waals surface area contributed by atoms with E-state index in [0.717, 1.165) is 32.5 Å². The fraction of sp³-hybridized carbons (Fsp3) is 0.0952. The van der Waals surface area contributed by atoms with Crippen molar-refractivity contribution in [2.45, 2.75) is 16.2 Å². The number of methoxy groups -OCH3 is 1. The van der Waals surface area contributed by atoms with Crippen molar-refractivity contribution < 1.29 is 9.53 Å². The van der Waals surface area contributed by atoms with Crippen LogP contribution < -0.4 is 9.64 Å². The van der Waals surface area contributed by atoms with Crippen molar-refractivity contribution in [1.82, 2.24) is 0 Å². The van der Waals surface area contributed by atoms with Gasteiger partial charge in [-0.05, 0) is 30.3 Å². The minimum Gasteiger partial charge on any atom is -0.496 e. The molecule has 0 unspecified atom stereocenters. The lowest BCUT2D eigenvalue weighted by Gasteiger charge is -2.31. The van der Waals surface area contributed by atoms with Gasteiger partial charge >= 0.3 is 0 Å². The van der Waals surface area contributed by atoms with E-state index in [9.17, 15) is 4.79 Å². The van der Waals surface area contributed by atoms with Gasteiger partial charge in [0.1, 0.15) is 5.75 Å². The first kappa shape index (κ1) is 15.8. The number of hydrogen-bond donors (Lipinski definition) is 0. The Morgan fingerprint density at radius 1 is 0.880 bits per heavy atom. The highest BCUT2D eigenvalue weighted by atomic mass is 32.2. The molecule has 0 bridgehead atoms. The molecule has 4 rings (SSSR count). The van der Waals surface area contributed by atoms with Crippen molar-refractivity contribution in [1.29, 1.82) is 0 Å². The summed E-state index contributed by atoms with van der Waals surface area (Å²) in [6.07, 6.45) is 0.289. The Labute approximate surface area is 151 Å². The maximum atomic E-state index is 13.2. The SMILES string of the molecule is COc1ccccc1CC(=O)N1c2ccccc2Sc2ccccc21. The normalized spacial score (nSPS) is 12.3. The van der Waals surface area contributed by atoms with Crippen LogP contribution in [0.5, 0.6) is 5.75 Å². The Bertz CT molecular complexity index is 893. The van der Waals surface area contributed by atoms with Crippen LogP contribution in [0.1, 0.15) is 5.56 Å². The third-order valence-electron chi connectivity index (χ3n) is 4.22. The highest BCUT2D eigenvalue weighted by Crippen LogP contribution is 2.48. The highest BCUT2D eigenvalue weighted by Gasteiger charge is 2.28. The molecular weight excluding hydrogens is 330 g/mol. The molecule has 0 saturated heterocycles. The first-order valence-electron chi connectivity index (χ1n) is 8.08. The number of para-hydroxylation sites is 3. The Hall–Kier alpha value is -2.72. The predicted molar refractivity (Wildman–Crippen MR) is 101 cm³/mol. The van der Waals surface area contributed by atoms with E-state index in [1.54, 1.807) is 18.9 Å². The van der Waals surface area contributed by atoms with E-state index in [1.807, 2.05) is 65.6 Å². The van der Waals surface area contributed by atoms with Gasteiger partial charge in [0.05, 0.1) is 24.9 Å². The maximum absolute atomic E-state index is 13.2. The summed E-state index contributed by atoms with van der Waals surface area (Å²) in [6.45, 7) is 0. The number of anilines is 2. The third kappa shape index (κ3) is 2.89. The number of hydrogen-bond acceptors (Lipinski definition) is 3. The molecule has 1 aliphatic heterocycles. The van der Waals surface area contributed by atoms with Crippen molar-refractivity contribution in [2.75, 3.05) is 12.0 Å². The van der Waals surface area contributed by atoms with E-state index in [0.29, 0.717) is 0 Å². The van der Waals surface area contributed by atoms with Gasteiger partial charge in [-0.1, -0.05) is 54.2 Å². The van der Waals surface area contributed by atoms with Gasteiger partial charge in [0.15, 0.2) is 0 Å². The van der Waals surface area contributed by atoms with Gasteiger partial charge in [-0.3, -0.25) is 9.69 Å². The summed E-state index contributed by atoms with van der Waals surface area (Å²) in [4.78, 5) is 17.2. The molecule has 3 aromatic carbocycles. The quantitative estimate of drug-likeness (QED) is 0.663. The molecule has 4 heteroatoms. The molecule has 0 aromatic heterocycles. The van der Waals surface area contributed by atoms with E-state index < -0.39 is 0 Å². The molecule has 1 aliphatic rings. The first-order chi connectivity index (χ1) is 12.3. The zero-order valence-electron chi connectivity index (χ0n) is 13.8. The second-order valence-electron chi connectivity index (χ2n) is 5.76. The standard InChI is InChI=1S/C21H17NO2S/c1-24-18-11-5-2-8-15(18)14-21(23)22-16-9-3-6-12-19(16)25-20-13-7-4-10-17(20)22/h2-13H,14H2,1H3. The lowest BCUT2D eigenvalue weighted by Crippen LogP contribution is -2.29. The number of benzene rings is 3. The van der Waals surface area contributed by atoms with Crippen LogP contribution in [-0.2, 0) is 11.2 Å². The zero-order chi connectivity index (χ0) is 17.2. The second kappa shape index (κ2) is 6.65. The summed E-state index contributed by atoms with van der Waals surface area (Å²) >= 11 is 1.70. The van der Waals surface area contributed by atoms with Gasteiger partial charge in [-0.2, -0.15) is 0 Å². The van der Waals surface area contributed by atoms with Gasteiger partial charge in [-0.15, -0.1) is 0 Å². The molecule has 0 N–H and O–H groups in total. The topological polar surface area (TPSA) is 29.5 Å². The van der Waals surface area contributed by atoms with Crippen LogP contribution in [0.25, 0.3) is 0 Å². The molecule has 3 aromatic rings. The molecule has 0 fully saturated rings. The first-order valence-corrected chi connectivity index (χ1v) is 8.90. The number of rotatable bonds is 3. The Balaban J connectivity index is 1.75. The molecular formula is C21H17NO2S. The van der Waals surface area contributed by atoms with Crippen LogP contribution in [0.2, 0.25) is 0 Å². The Kier molecular flexibility index (Phi) is 4.20. The van der Waals surface area contributed by atoms with Gasteiger partial charge in [0.2, 0.25) is 5.91 Å². The molecule has 0 atom stereocenters. The van der Waals surface area contributed by atoms with Gasteiger partial charge < -0.3 is 4.74 Å². The number of carbonyl (C=O) groups excluding carboxylic acids is 1. The minimum atomic E-state index is 0.0321. The van der Waals surface area contributed by atoms with Crippen LogP contribution >= 0.6 is 11.8 Å². The summed E-state index contributed by atoms with van der Waals surface area (Å²) in [5, 5.41) is 0. The van der Waals surface area contributed by atoms with Crippen molar-refractivity contribution in [2.24, 2.45) is 0 Å². The Morgan fingerprint density at radius 2 is 1.44 bits per heavy atom. The summed E-state index contributed by atoms with van der Waals surface area (Å²) in [5.41, 5.74) is 2.76. The molecule has 1 amide bonds. The highest BCUT2D eigenvalue weighted by molar-refractivity contribution is 7.99. The smallest absolute Gasteiger partial charge is 0.236 e. The fourth-order valence-electron chi connectivity index (χ4n) is 3.06. The van der Waals surface area contributed by atoms with Gasteiger partial charge in [0.25, 0.3) is 0 Å². The van der Waals surface area contributed by atoms with Crippen LogP contribution in [0, 0.1) is 0 Å². The van der Waals surface area contributed by atoms with Gasteiger partial charge in [-0.25, -0.2) is 0 Å². The monoisotopic (exact) mass is 347 g/mol. The molecule has 25 heavy (non-hydrogen) atoms. The average molecular weight is 347 g/mol. The maximum Gasteiger partial charge on any atom is 0.236 e. The number of ether oxygens (including phenoxy) is 1. The van der Waals surface area contributed by atoms with Crippen LogP contribution in [-0.4, -0.2) is 13.0 Å². The number of amides is 1. The Morgan fingerprint density at radius 3 is 2.08 bits per heavy atom. The molecule has 0 aliphatic carbocycles. The van der Waals surface area contributed by atoms with E-state index in [1.165, 1.54) is 0 Å². The van der Waals surface area contributed by atoms with Gasteiger partial charge in [0, 0.05) is 15.4 Å². The van der Waals surface area contributed by atoms with Crippen molar-refractivity contribution in [3.63, 3.8) is 0 Å². The summed E-state index contributed by atoms with van der Waals surface area (Å²) in [6, 6.07) is 23.7. The third-order valence-corrected chi connectivity index (χ3v) is 5.35. The van der Waals surface area contributed by atoms with Crippen LogP contribution in [0.3, 0.4) is 0 Å². The average Bonchev–Trinajstić information content (AvgIpc) is 2.66. The molecule has 0 radical (unpaired) electrons. The fourth-order valence-corrected chi connectivity index (χ4v) is 4.12. The molecule has 3 nitrogen and oxygen atoms in total. The second-order valence-corrected chi connectivity index (χ2v) is 6.84. The van der Waals surface area contributed by atoms with E-state index >= 15 is 0 Å². The van der Waals surface area contributed by atoms with Crippen LogP contribution in [0.15, 0.2) is 82.6 Å². The van der Waals surface area contributed by atoms with E-state index in [2.05, 4.69) is 12.1 Å². The minimum absolute atomic E-state index is 0.0321. The molecule has 1 heterocycles.